The molecular formula is C28H30O8. The van der Waals surface area contributed by atoms with Crippen molar-refractivity contribution in [3.63, 3.8) is 0 Å². The average molecular weight is 495 g/mol. The van der Waals surface area contributed by atoms with E-state index >= 15 is 0 Å². The van der Waals surface area contributed by atoms with Gasteiger partial charge in [0.1, 0.15) is 22.8 Å². The van der Waals surface area contributed by atoms with Crippen LogP contribution >= 0.6 is 0 Å². The van der Waals surface area contributed by atoms with E-state index in [0.29, 0.717) is 55.2 Å². The van der Waals surface area contributed by atoms with Crippen molar-refractivity contribution in [1.29, 1.82) is 0 Å². The third-order valence-corrected chi connectivity index (χ3v) is 6.58. The highest BCUT2D eigenvalue weighted by Crippen LogP contribution is 2.48. The lowest BCUT2D eigenvalue weighted by Gasteiger charge is -2.28. The van der Waals surface area contributed by atoms with Crippen LogP contribution in [-0.2, 0) is 14.3 Å². The Morgan fingerprint density at radius 1 is 1.06 bits per heavy atom. The molecule has 2 atom stereocenters. The average Bonchev–Trinajstić information content (AvgIpc) is 2.82. The van der Waals surface area contributed by atoms with Crippen LogP contribution in [0.15, 0.2) is 30.3 Å². The molecule has 0 unspecified atom stereocenters. The van der Waals surface area contributed by atoms with Crippen LogP contribution in [0.4, 0.5) is 0 Å². The molecule has 2 N–H and O–H groups in total. The molecule has 2 aromatic carbocycles. The van der Waals surface area contributed by atoms with Gasteiger partial charge in [-0.2, -0.15) is 0 Å². The predicted octanol–water partition coefficient (Wildman–Crippen LogP) is 5.03. The summed E-state index contributed by atoms with van der Waals surface area (Å²) in [6, 6.07) is 6.24. The lowest BCUT2D eigenvalue weighted by molar-refractivity contribution is -0.135. The van der Waals surface area contributed by atoms with Crippen molar-refractivity contribution in [1.82, 2.24) is 0 Å². The summed E-state index contributed by atoms with van der Waals surface area (Å²) < 4.78 is 16.3. The third kappa shape index (κ3) is 5.37. The first-order chi connectivity index (χ1) is 17.3. The maximum Gasteiger partial charge on any atom is 0.342 e. The second kappa shape index (κ2) is 10.8. The second-order valence-corrected chi connectivity index (χ2v) is 9.20. The molecule has 0 fully saturated rings. The first-order valence-corrected chi connectivity index (χ1v) is 12.1. The molecule has 0 spiro atoms. The van der Waals surface area contributed by atoms with E-state index in [2.05, 4.69) is 0 Å². The van der Waals surface area contributed by atoms with Gasteiger partial charge in [-0.3, -0.25) is 9.59 Å². The molecule has 0 bridgehead atoms. The number of Topliss-reactive ketones (excluding diaryl/α,β-unsaturated/α-hetero) is 1. The van der Waals surface area contributed by atoms with Crippen LogP contribution in [0.2, 0.25) is 0 Å². The van der Waals surface area contributed by atoms with Crippen molar-refractivity contribution in [2.24, 2.45) is 0 Å². The molecule has 190 valence electrons. The van der Waals surface area contributed by atoms with E-state index in [9.17, 15) is 24.6 Å². The number of hydrogen-bond acceptors (Lipinski definition) is 8. The number of rotatable bonds is 2. The molecule has 8 nitrogen and oxygen atoms in total. The van der Waals surface area contributed by atoms with Crippen LogP contribution in [0, 0.1) is 0 Å². The van der Waals surface area contributed by atoms with Crippen LogP contribution in [-0.4, -0.2) is 41.1 Å². The Bertz CT molecular complexity index is 1210. The number of benzene rings is 2. The van der Waals surface area contributed by atoms with Crippen LogP contribution in [0.5, 0.6) is 23.0 Å². The summed E-state index contributed by atoms with van der Waals surface area (Å²) in [5.74, 6) is -1.61. The zero-order valence-electron chi connectivity index (χ0n) is 20.4. The van der Waals surface area contributed by atoms with E-state index < -0.39 is 24.0 Å². The van der Waals surface area contributed by atoms with E-state index in [-0.39, 0.29) is 40.8 Å². The van der Waals surface area contributed by atoms with Gasteiger partial charge in [-0.15, -0.1) is 0 Å². The van der Waals surface area contributed by atoms with Crippen LogP contribution in [0.1, 0.15) is 84.8 Å². The topological polar surface area (TPSA) is 119 Å². The SMILES string of the molecule is COc1cc([C@H]2CC(=O)Oc3cc4c(c(O)c32)C(=O)O[C@@H](C)CCCC(=O)CCCC=C4)ccc1O. The first kappa shape index (κ1) is 25.3. The molecule has 2 aliphatic rings. The summed E-state index contributed by atoms with van der Waals surface area (Å²) >= 11 is 0. The Morgan fingerprint density at radius 2 is 1.83 bits per heavy atom. The van der Waals surface area contributed by atoms with Gasteiger partial charge in [0.15, 0.2) is 11.5 Å². The number of ether oxygens (including phenoxy) is 3. The van der Waals surface area contributed by atoms with Crippen molar-refractivity contribution in [2.45, 2.75) is 63.9 Å². The number of esters is 2. The van der Waals surface area contributed by atoms with Gasteiger partial charge in [-0.05, 0) is 61.9 Å². The standard InChI is InChI=1S/C28H30O8/c1-16-7-6-10-19(29)9-5-3-4-8-18-14-23-26(27(32)25(18)28(33)35-16)20(15-24(31)36-23)17-11-12-21(30)22(13-17)34-2/h4,8,11-14,16,20,30,32H,3,5-7,9-10,15H2,1-2H3/t16-,20+/m0/s1. The normalized spacial score (nSPS) is 21.0. The van der Waals surface area contributed by atoms with Crippen molar-refractivity contribution >= 4 is 23.8 Å². The molecule has 2 aromatic rings. The number of fused-ring (bicyclic) bond motifs is 2. The molecule has 2 heterocycles. The van der Waals surface area contributed by atoms with Gasteiger partial charge in [0, 0.05) is 24.3 Å². The van der Waals surface area contributed by atoms with Crippen LogP contribution in [0.25, 0.3) is 6.08 Å². The Labute approximate surface area is 209 Å². The van der Waals surface area contributed by atoms with Crippen LogP contribution < -0.4 is 9.47 Å². The minimum absolute atomic E-state index is 0.00122. The number of cyclic esters (lactones) is 1. The molecule has 0 saturated heterocycles. The summed E-state index contributed by atoms with van der Waals surface area (Å²) in [7, 11) is 1.42. The Hall–Kier alpha value is -3.81. The first-order valence-electron chi connectivity index (χ1n) is 12.1. The van der Waals surface area contributed by atoms with Crippen molar-refractivity contribution in [3.05, 3.63) is 52.6 Å². The maximum absolute atomic E-state index is 13.3. The lowest BCUT2D eigenvalue weighted by Crippen LogP contribution is -2.23. The van der Waals surface area contributed by atoms with E-state index in [4.69, 9.17) is 14.2 Å². The van der Waals surface area contributed by atoms with Gasteiger partial charge < -0.3 is 24.4 Å². The summed E-state index contributed by atoms with van der Waals surface area (Å²) in [6.45, 7) is 1.76. The molecule has 36 heavy (non-hydrogen) atoms. The predicted molar refractivity (Wildman–Crippen MR) is 131 cm³/mol. The summed E-state index contributed by atoms with van der Waals surface area (Å²) in [5.41, 5.74) is 1.27. The molecule has 0 radical (unpaired) electrons. The minimum Gasteiger partial charge on any atom is -0.507 e. The number of carbonyl (C=O) groups is 3. The Morgan fingerprint density at radius 3 is 2.61 bits per heavy atom. The number of phenols is 2. The Balaban J connectivity index is 1.82. The number of carbonyl (C=O) groups excluding carboxylic acids is 3. The maximum atomic E-state index is 13.3. The monoisotopic (exact) mass is 494 g/mol. The van der Waals surface area contributed by atoms with Crippen LogP contribution in [0.3, 0.4) is 0 Å². The van der Waals surface area contributed by atoms with E-state index in [0.717, 1.165) is 0 Å². The number of methoxy groups -OCH3 is 1. The van der Waals surface area contributed by atoms with Gasteiger partial charge in [0.05, 0.1) is 19.6 Å². The van der Waals surface area contributed by atoms with Crippen molar-refractivity contribution < 1.29 is 38.8 Å². The van der Waals surface area contributed by atoms with Gasteiger partial charge in [0.2, 0.25) is 0 Å². The number of ketones is 1. The van der Waals surface area contributed by atoms with Crippen molar-refractivity contribution in [2.75, 3.05) is 7.11 Å². The molecule has 2 aliphatic heterocycles. The van der Waals surface area contributed by atoms with E-state index in [1.54, 1.807) is 31.2 Å². The lowest BCUT2D eigenvalue weighted by atomic mass is 9.83. The Kier molecular flexibility index (Phi) is 7.62. The molecule has 8 heteroatoms. The van der Waals surface area contributed by atoms with Gasteiger partial charge in [0.25, 0.3) is 0 Å². The zero-order valence-corrected chi connectivity index (χ0v) is 20.4. The number of hydrogen-bond donors (Lipinski definition) is 2. The minimum atomic E-state index is -0.690. The summed E-state index contributed by atoms with van der Waals surface area (Å²) in [6.07, 6.45) is 6.37. The number of allylic oxidation sites excluding steroid dienone is 1. The fourth-order valence-corrected chi connectivity index (χ4v) is 4.71. The second-order valence-electron chi connectivity index (χ2n) is 9.20. The summed E-state index contributed by atoms with van der Waals surface area (Å²) in [5, 5.41) is 21.4. The van der Waals surface area contributed by atoms with Gasteiger partial charge in [-0.25, -0.2) is 4.79 Å². The van der Waals surface area contributed by atoms with E-state index in [1.165, 1.54) is 13.2 Å². The molecule has 0 saturated carbocycles. The highest BCUT2D eigenvalue weighted by Gasteiger charge is 2.35. The highest BCUT2D eigenvalue weighted by atomic mass is 16.5. The third-order valence-electron chi connectivity index (χ3n) is 6.58. The van der Waals surface area contributed by atoms with Gasteiger partial charge in [-0.1, -0.05) is 18.2 Å². The highest BCUT2D eigenvalue weighted by molar-refractivity contribution is 5.98. The van der Waals surface area contributed by atoms with Gasteiger partial charge >= 0.3 is 11.9 Å². The smallest absolute Gasteiger partial charge is 0.342 e. The fourth-order valence-electron chi connectivity index (χ4n) is 4.71. The quantitative estimate of drug-likeness (QED) is 0.441. The number of aromatic hydroxyl groups is 2. The molecule has 0 amide bonds. The van der Waals surface area contributed by atoms with Crippen molar-refractivity contribution in [3.8, 4) is 23.0 Å². The van der Waals surface area contributed by atoms with E-state index in [1.807, 2.05) is 6.08 Å². The fraction of sp³-hybridized carbons (Fsp3) is 0.393. The molecule has 0 aromatic heterocycles. The molecule has 4 rings (SSSR count). The molecule has 0 aliphatic carbocycles. The number of phenolic OH excluding ortho intramolecular Hbond substituents is 2. The zero-order chi connectivity index (χ0) is 25.8. The summed E-state index contributed by atoms with van der Waals surface area (Å²) in [4.78, 5) is 37.8. The molecular weight excluding hydrogens is 464 g/mol. The largest absolute Gasteiger partial charge is 0.507 e.